The summed E-state index contributed by atoms with van der Waals surface area (Å²) < 4.78 is 7.69. The maximum Gasteiger partial charge on any atom is 0.410 e. The Morgan fingerprint density at radius 3 is 2.78 bits per heavy atom. The van der Waals surface area contributed by atoms with Crippen molar-refractivity contribution in [2.45, 2.75) is 58.2 Å². The molecule has 1 atom stereocenters. The van der Waals surface area contributed by atoms with E-state index in [2.05, 4.69) is 42.3 Å². The first-order chi connectivity index (χ1) is 12.7. The number of likely N-dealkylation sites (N-methyl/N-ethyl adjacent to an activating group) is 1. The molecule has 3 rings (SSSR count). The largest absolute Gasteiger partial charge is 0.444 e. The van der Waals surface area contributed by atoms with E-state index in [-0.39, 0.29) is 12.1 Å². The van der Waals surface area contributed by atoms with E-state index in [1.54, 1.807) is 0 Å². The molecule has 148 valence electrons. The number of carbonyl (C=O) groups excluding carboxylic acids is 1. The van der Waals surface area contributed by atoms with Gasteiger partial charge in [-0.15, -0.1) is 0 Å². The predicted octanol–water partition coefficient (Wildman–Crippen LogP) is 4.06. The van der Waals surface area contributed by atoms with Crippen LogP contribution in [-0.2, 0) is 11.3 Å². The molecule has 0 aliphatic carbocycles. The van der Waals surface area contributed by atoms with Gasteiger partial charge in [-0.3, -0.25) is 4.68 Å². The predicted molar refractivity (Wildman–Crippen MR) is 108 cm³/mol. The van der Waals surface area contributed by atoms with Gasteiger partial charge in [-0.25, -0.2) is 4.79 Å². The molecule has 1 fully saturated rings. The minimum Gasteiger partial charge on any atom is -0.444 e. The Balaban J connectivity index is 1.82. The molecule has 0 N–H and O–H groups in total. The van der Waals surface area contributed by atoms with Crippen LogP contribution in [0.1, 0.15) is 51.6 Å². The van der Waals surface area contributed by atoms with Crippen molar-refractivity contribution in [3.8, 4) is 0 Å². The van der Waals surface area contributed by atoms with Crippen LogP contribution in [0.15, 0.2) is 24.4 Å². The standard InChI is InChI=1S/C21H32N4O2/c1-21(2,3)27-20(26)24-11-7-6-8-18(24)16-9-10-19-17(14-16)15-22-25(19)13-12-23(4)5/h9-10,14-15,18H,6-8,11-13H2,1-5H3/t18-/m0/s1. The molecule has 2 aromatic rings. The number of carbonyl (C=O) groups is 1. The molecule has 0 bridgehead atoms. The highest BCUT2D eigenvalue weighted by atomic mass is 16.6. The zero-order chi connectivity index (χ0) is 19.6. The zero-order valence-corrected chi connectivity index (χ0v) is 17.2. The second-order valence-electron chi connectivity index (χ2n) is 8.67. The molecule has 6 heteroatoms. The van der Waals surface area contributed by atoms with Crippen molar-refractivity contribution >= 4 is 17.0 Å². The summed E-state index contributed by atoms with van der Waals surface area (Å²) in [4.78, 5) is 16.7. The molecule has 27 heavy (non-hydrogen) atoms. The summed E-state index contributed by atoms with van der Waals surface area (Å²) in [5, 5.41) is 5.67. The van der Waals surface area contributed by atoms with Crippen LogP contribution in [0.3, 0.4) is 0 Å². The van der Waals surface area contributed by atoms with Crippen LogP contribution in [0.25, 0.3) is 10.9 Å². The summed E-state index contributed by atoms with van der Waals surface area (Å²) >= 11 is 0. The first-order valence-electron chi connectivity index (χ1n) is 9.84. The maximum absolute atomic E-state index is 12.7. The molecule has 0 spiro atoms. The Bertz CT molecular complexity index is 791. The van der Waals surface area contributed by atoms with E-state index in [9.17, 15) is 4.79 Å². The lowest BCUT2D eigenvalue weighted by molar-refractivity contribution is 0.00953. The van der Waals surface area contributed by atoms with Gasteiger partial charge in [-0.05, 0) is 71.8 Å². The second kappa shape index (κ2) is 7.89. The van der Waals surface area contributed by atoms with Gasteiger partial charge in [-0.1, -0.05) is 6.07 Å². The van der Waals surface area contributed by atoms with E-state index in [4.69, 9.17) is 4.74 Å². The van der Waals surface area contributed by atoms with Gasteiger partial charge >= 0.3 is 6.09 Å². The molecular weight excluding hydrogens is 340 g/mol. The average Bonchev–Trinajstić information content (AvgIpc) is 3.00. The average molecular weight is 373 g/mol. The Morgan fingerprint density at radius 1 is 1.30 bits per heavy atom. The number of ether oxygens (including phenoxy) is 1. The molecule has 6 nitrogen and oxygen atoms in total. The first-order valence-corrected chi connectivity index (χ1v) is 9.84. The third kappa shape index (κ3) is 4.80. The fourth-order valence-electron chi connectivity index (χ4n) is 3.60. The third-order valence-electron chi connectivity index (χ3n) is 4.94. The van der Waals surface area contributed by atoms with Crippen molar-refractivity contribution < 1.29 is 9.53 Å². The lowest BCUT2D eigenvalue weighted by Crippen LogP contribution is -2.41. The summed E-state index contributed by atoms with van der Waals surface area (Å²) in [5.41, 5.74) is 1.83. The number of piperidine rings is 1. The minimum atomic E-state index is -0.476. The number of fused-ring (bicyclic) bond motifs is 1. The molecule has 0 saturated carbocycles. The Morgan fingerprint density at radius 2 is 2.07 bits per heavy atom. The van der Waals surface area contributed by atoms with Gasteiger partial charge in [-0.2, -0.15) is 5.10 Å². The lowest BCUT2D eigenvalue weighted by atomic mass is 9.95. The Hall–Kier alpha value is -2.08. The Kier molecular flexibility index (Phi) is 5.75. The summed E-state index contributed by atoms with van der Waals surface area (Å²) in [7, 11) is 4.14. The van der Waals surface area contributed by atoms with E-state index in [1.165, 1.54) is 5.56 Å². The SMILES string of the molecule is CN(C)CCn1ncc2cc([C@@H]3CCCCN3C(=O)OC(C)(C)C)ccc21. The van der Waals surface area contributed by atoms with Gasteiger partial charge in [0.15, 0.2) is 0 Å². The number of rotatable bonds is 4. The van der Waals surface area contributed by atoms with Gasteiger partial charge in [0.2, 0.25) is 0 Å². The van der Waals surface area contributed by atoms with Crippen molar-refractivity contribution in [1.82, 2.24) is 19.6 Å². The van der Waals surface area contributed by atoms with E-state index in [1.807, 2.05) is 36.5 Å². The van der Waals surface area contributed by atoms with Gasteiger partial charge in [0, 0.05) is 18.5 Å². The van der Waals surface area contributed by atoms with Gasteiger partial charge in [0.05, 0.1) is 24.3 Å². The van der Waals surface area contributed by atoms with E-state index in [0.717, 1.165) is 49.8 Å². The van der Waals surface area contributed by atoms with E-state index >= 15 is 0 Å². The van der Waals surface area contributed by atoms with Gasteiger partial charge in [0.25, 0.3) is 0 Å². The van der Waals surface area contributed by atoms with E-state index < -0.39 is 5.60 Å². The van der Waals surface area contributed by atoms with Crippen LogP contribution in [-0.4, -0.2) is 58.5 Å². The molecule has 1 aromatic heterocycles. The summed E-state index contributed by atoms with van der Waals surface area (Å²) in [6.45, 7) is 8.31. The van der Waals surface area contributed by atoms with Crippen LogP contribution in [0, 0.1) is 0 Å². The van der Waals surface area contributed by atoms with Crippen LogP contribution < -0.4 is 0 Å². The summed E-state index contributed by atoms with van der Waals surface area (Å²) in [6.07, 6.45) is 4.84. The molecule has 0 radical (unpaired) electrons. The number of hydrogen-bond donors (Lipinski definition) is 0. The first kappa shape index (κ1) is 19.7. The number of likely N-dealkylation sites (tertiary alicyclic amines) is 1. The zero-order valence-electron chi connectivity index (χ0n) is 17.2. The molecule has 1 amide bonds. The van der Waals surface area contributed by atoms with Crippen molar-refractivity contribution in [1.29, 1.82) is 0 Å². The van der Waals surface area contributed by atoms with Crippen LogP contribution in [0.5, 0.6) is 0 Å². The van der Waals surface area contributed by atoms with Crippen molar-refractivity contribution in [2.24, 2.45) is 0 Å². The Labute approximate surface area is 162 Å². The van der Waals surface area contributed by atoms with Crippen molar-refractivity contribution in [3.05, 3.63) is 30.0 Å². The highest BCUT2D eigenvalue weighted by Crippen LogP contribution is 2.33. The molecule has 1 aromatic carbocycles. The van der Waals surface area contributed by atoms with Crippen LogP contribution >= 0.6 is 0 Å². The molecular formula is C21H32N4O2. The van der Waals surface area contributed by atoms with Gasteiger partial charge in [0.1, 0.15) is 5.60 Å². The number of amides is 1. The highest BCUT2D eigenvalue weighted by Gasteiger charge is 2.31. The van der Waals surface area contributed by atoms with Crippen LogP contribution in [0.2, 0.25) is 0 Å². The normalized spacial score (nSPS) is 18.3. The number of aromatic nitrogens is 2. The lowest BCUT2D eigenvalue weighted by Gasteiger charge is -2.37. The summed E-state index contributed by atoms with van der Waals surface area (Å²) in [5.74, 6) is 0. The fraction of sp³-hybridized carbons (Fsp3) is 0.619. The van der Waals surface area contributed by atoms with Crippen molar-refractivity contribution in [3.63, 3.8) is 0 Å². The quantitative estimate of drug-likeness (QED) is 0.812. The van der Waals surface area contributed by atoms with Gasteiger partial charge < -0.3 is 14.5 Å². The molecule has 1 saturated heterocycles. The smallest absolute Gasteiger partial charge is 0.410 e. The molecule has 1 aliphatic heterocycles. The molecule has 1 aliphatic rings. The number of nitrogens with zero attached hydrogens (tertiary/aromatic N) is 4. The fourth-order valence-corrected chi connectivity index (χ4v) is 3.60. The molecule has 0 unspecified atom stereocenters. The highest BCUT2D eigenvalue weighted by molar-refractivity contribution is 5.79. The summed E-state index contributed by atoms with van der Waals surface area (Å²) in [6, 6.07) is 6.53. The number of benzene rings is 1. The number of hydrogen-bond acceptors (Lipinski definition) is 4. The van der Waals surface area contributed by atoms with E-state index in [0.29, 0.717) is 0 Å². The minimum absolute atomic E-state index is 0.0723. The van der Waals surface area contributed by atoms with Crippen LogP contribution in [0.4, 0.5) is 4.79 Å². The topological polar surface area (TPSA) is 50.6 Å². The monoisotopic (exact) mass is 372 g/mol. The van der Waals surface area contributed by atoms with Crippen molar-refractivity contribution in [2.75, 3.05) is 27.2 Å². The molecule has 2 heterocycles. The second-order valence-corrected chi connectivity index (χ2v) is 8.67. The maximum atomic E-state index is 12.7. The third-order valence-corrected chi connectivity index (χ3v) is 4.94.